The second-order valence-corrected chi connectivity index (χ2v) is 4.01. The molecule has 0 saturated heterocycles. The van der Waals surface area contributed by atoms with Crippen LogP contribution in [0.2, 0.25) is 0 Å². The maximum absolute atomic E-state index is 8.99. The molecule has 0 bridgehead atoms. The van der Waals surface area contributed by atoms with Crippen LogP contribution in [0.15, 0.2) is 18.2 Å². The van der Waals surface area contributed by atoms with Gasteiger partial charge in [0.15, 0.2) is 0 Å². The summed E-state index contributed by atoms with van der Waals surface area (Å²) < 4.78 is 5.69. The molecule has 1 aromatic rings. The Balaban J connectivity index is 2.04. The number of aliphatic hydroxyl groups is 1. The number of aliphatic hydroxyl groups excluding tert-OH is 1. The Morgan fingerprint density at radius 2 is 2.21 bits per heavy atom. The van der Waals surface area contributed by atoms with Gasteiger partial charge in [-0.05, 0) is 42.9 Å². The highest BCUT2D eigenvalue weighted by Crippen LogP contribution is 2.30. The molecule has 0 heterocycles. The summed E-state index contributed by atoms with van der Waals surface area (Å²) >= 11 is 0. The van der Waals surface area contributed by atoms with Crippen molar-refractivity contribution in [1.82, 2.24) is 0 Å². The molecule has 2 nitrogen and oxygen atoms in total. The van der Waals surface area contributed by atoms with E-state index in [0.717, 1.165) is 29.4 Å². The van der Waals surface area contributed by atoms with Gasteiger partial charge in [0, 0.05) is 0 Å². The Hall–Kier alpha value is -1.02. The normalized spacial score (nSPS) is 15.6. The van der Waals surface area contributed by atoms with E-state index in [-0.39, 0.29) is 6.61 Å². The fourth-order valence-electron chi connectivity index (χ4n) is 1.39. The van der Waals surface area contributed by atoms with Crippen LogP contribution >= 0.6 is 0 Å². The molecule has 1 fully saturated rings. The second-order valence-electron chi connectivity index (χ2n) is 4.01. The molecule has 1 aliphatic rings. The molecule has 0 aromatic heterocycles. The molecule has 14 heavy (non-hydrogen) atoms. The van der Waals surface area contributed by atoms with Crippen molar-refractivity contribution in [2.24, 2.45) is 5.92 Å². The van der Waals surface area contributed by atoms with Crippen LogP contribution in [0.5, 0.6) is 5.75 Å². The predicted molar refractivity (Wildman–Crippen MR) is 55.3 cm³/mol. The quantitative estimate of drug-likeness (QED) is 0.793. The monoisotopic (exact) mass is 192 g/mol. The van der Waals surface area contributed by atoms with Crippen LogP contribution in [0.1, 0.15) is 24.0 Å². The number of rotatable bonds is 4. The van der Waals surface area contributed by atoms with Gasteiger partial charge in [0.25, 0.3) is 0 Å². The molecule has 0 aliphatic heterocycles. The molecule has 2 heteroatoms. The third kappa shape index (κ3) is 2.26. The summed E-state index contributed by atoms with van der Waals surface area (Å²) in [5.41, 5.74) is 2.06. The average Bonchev–Trinajstić information content (AvgIpc) is 3.00. The summed E-state index contributed by atoms with van der Waals surface area (Å²) in [6.45, 7) is 2.94. The van der Waals surface area contributed by atoms with E-state index in [1.807, 2.05) is 25.1 Å². The van der Waals surface area contributed by atoms with Crippen LogP contribution in [0.4, 0.5) is 0 Å². The van der Waals surface area contributed by atoms with E-state index >= 15 is 0 Å². The fraction of sp³-hybridized carbons (Fsp3) is 0.500. The van der Waals surface area contributed by atoms with E-state index in [1.165, 1.54) is 12.8 Å². The Kier molecular flexibility index (Phi) is 2.73. The molecule has 76 valence electrons. The van der Waals surface area contributed by atoms with Crippen LogP contribution in [0.25, 0.3) is 0 Å². The molecule has 1 aliphatic carbocycles. The van der Waals surface area contributed by atoms with Gasteiger partial charge < -0.3 is 9.84 Å². The minimum absolute atomic E-state index is 0.0834. The van der Waals surface area contributed by atoms with Crippen molar-refractivity contribution in [2.45, 2.75) is 26.4 Å². The average molecular weight is 192 g/mol. The molecule has 0 unspecified atom stereocenters. The van der Waals surface area contributed by atoms with Crippen molar-refractivity contribution in [3.8, 4) is 5.75 Å². The lowest BCUT2D eigenvalue weighted by Crippen LogP contribution is -2.01. The first-order valence-corrected chi connectivity index (χ1v) is 5.13. The summed E-state index contributed by atoms with van der Waals surface area (Å²) in [5.74, 6) is 1.69. The van der Waals surface area contributed by atoms with E-state index in [0.29, 0.717) is 0 Å². The first-order chi connectivity index (χ1) is 6.79. The second kappa shape index (κ2) is 4.01. The van der Waals surface area contributed by atoms with E-state index in [4.69, 9.17) is 9.84 Å². The maximum Gasteiger partial charge on any atom is 0.122 e. The lowest BCUT2D eigenvalue weighted by Gasteiger charge is -2.09. The summed E-state index contributed by atoms with van der Waals surface area (Å²) in [6, 6.07) is 5.85. The number of hydrogen-bond donors (Lipinski definition) is 1. The summed E-state index contributed by atoms with van der Waals surface area (Å²) in [7, 11) is 0. The van der Waals surface area contributed by atoms with Gasteiger partial charge in [-0.1, -0.05) is 12.1 Å². The predicted octanol–water partition coefficient (Wildman–Crippen LogP) is 2.28. The molecule has 2 rings (SSSR count). The van der Waals surface area contributed by atoms with Gasteiger partial charge in [0.1, 0.15) is 5.75 Å². The summed E-state index contributed by atoms with van der Waals surface area (Å²) in [5, 5.41) is 8.99. The molecule has 1 aromatic carbocycles. The van der Waals surface area contributed by atoms with Crippen LogP contribution in [-0.2, 0) is 6.61 Å². The van der Waals surface area contributed by atoms with E-state index in [1.54, 1.807) is 0 Å². The summed E-state index contributed by atoms with van der Waals surface area (Å²) in [6.07, 6.45) is 2.61. The lowest BCUT2D eigenvalue weighted by molar-refractivity contribution is 0.277. The molecule has 0 spiro atoms. The largest absolute Gasteiger partial charge is 0.493 e. The van der Waals surface area contributed by atoms with Crippen LogP contribution in [0.3, 0.4) is 0 Å². The van der Waals surface area contributed by atoms with Crippen molar-refractivity contribution < 1.29 is 9.84 Å². The van der Waals surface area contributed by atoms with Crippen LogP contribution < -0.4 is 4.74 Å². The summed E-state index contributed by atoms with van der Waals surface area (Å²) in [4.78, 5) is 0. The van der Waals surface area contributed by atoms with Crippen molar-refractivity contribution in [1.29, 1.82) is 0 Å². The lowest BCUT2D eigenvalue weighted by atomic mass is 10.1. The minimum atomic E-state index is 0.0834. The zero-order chi connectivity index (χ0) is 9.97. The maximum atomic E-state index is 8.99. The minimum Gasteiger partial charge on any atom is -0.493 e. The fourth-order valence-corrected chi connectivity index (χ4v) is 1.39. The Morgan fingerprint density at radius 1 is 1.43 bits per heavy atom. The Labute approximate surface area is 84.5 Å². The van der Waals surface area contributed by atoms with Crippen molar-refractivity contribution >= 4 is 0 Å². The van der Waals surface area contributed by atoms with E-state index < -0.39 is 0 Å². The zero-order valence-electron chi connectivity index (χ0n) is 8.49. The van der Waals surface area contributed by atoms with Crippen molar-refractivity contribution in [2.75, 3.05) is 6.61 Å². The topological polar surface area (TPSA) is 29.5 Å². The SMILES string of the molecule is Cc1ccc(CO)cc1OCC1CC1. The van der Waals surface area contributed by atoms with Gasteiger partial charge in [-0.2, -0.15) is 0 Å². The third-order valence-corrected chi connectivity index (χ3v) is 2.61. The van der Waals surface area contributed by atoms with Gasteiger partial charge in [-0.25, -0.2) is 0 Å². The standard InChI is InChI=1S/C12H16O2/c1-9-2-3-11(7-13)6-12(9)14-8-10-4-5-10/h2-3,6,10,13H,4-5,7-8H2,1H3. The first kappa shape index (κ1) is 9.53. The Bertz CT molecular complexity index is 316. The number of aryl methyl sites for hydroxylation is 1. The van der Waals surface area contributed by atoms with Crippen molar-refractivity contribution in [3.05, 3.63) is 29.3 Å². The molecule has 0 atom stereocenters. The molecule has 0 radical (unpaired) electrons. The van der Waals surface area contributed by atoms with Gasteiger partial charge in [-0.3, -0.25) is 0 Å². The molecular weight excluding hydrogens is 176 g/mol. The van der Waals surface area contributed by atoms with E-state index in [9.17, 15) is 0 Å². The van der Waals surface area contributed by atoms with Gasteiger partial charge >= 0.3 is 0 Å². The highest BCUT2D eigenvalue weighted by Gasteiger charge is 2.22. The van der Waals surface area contributed by atoms with E-state index in [2.05, 4.69) is 0 Å². The van der Waals surface area contributed by atoms with Gasteiger partial charge in [0.05, 0.1) is 13.2 Å². The molecular formula is C12H16O2. The third-order valence-electron chi connectivity index (χ3n) is 2.61. The molecule has 0 amide bonds. The zero-order valence-corrected chi connectivity index (χ0v) is 8.49. The molecule has 1 saturated carbocycles. The highest BCUT2D eigenvalue weighted by molar-refractivity contribution is 5.36. The van der Waals surface area contributed by atoms with Crippen LogP contribution in [-0.4, -0.2) is 11.7 Å². The Morgan fingerprint density at radius 3 is 2.86 bits per heavy atom. The smallest absolute Gasteiger partial charge is 0.122 e. The van der Waals surface area contributed by atoms with Crippen LogP contribution in [0, 0.1) is 12.8 Å². The number of ether oxygens (including phenoxy) is 1. The number of benzene rings is 1. The van der Waals surface area contributed by atoms with Gasteiger partial charge in [-0.15, -0.1) is 0 Å². The van der Waals surface area contributed by atoms with Crippen molar-refractivity contribution in [3.63, 3.8) is 0 Å². The number of hydrogen-bond acceptors (Lipinski definition) is 2. The van der Waals surface area contributed by atoms with Gasteiger partial charge in [0.2, 0.25) is 0 Å². The molecule has 1 N–H and O–H groups in total. The highest BCUT2D eigenvalue weighted by atomic mass is 16.5. The first-order valence-electron chi connectivity index (χ1n) is 5.13.